The Kier molecular flexibility index (Phi) is 5.10. The summed E-state index contributed by atoms with van der Waals surface area (Å²) in [6, 6.07) is 10.2. The molecule has 0 aliphatic carbocycles. The van der Waals surface area contributed by atoms with Gasteiger partial charge in [0.05, 0.1) is 9.36 Å². The van der Waals surface area contributed by atoms with Gasteiger partial charge in [0.1, 0.15) is 0 Å². The van der Waals surface area contributed by atoms with Crippen molar-refractivity contribution in [1.29, 1.82) is 0 Å². The van der Waals surface area contributed by atoms with Crippen molar-refractivity contribution < 1.29 is 0 Å². The average molecular weight is 365 g/mol. The van der Waals surface area contributed by atoms with Crippen LogP contribution in [0.5, 0.6) is 0 Å². The summed E-state index contributed by atoms with van der Waals surface area (Å²) >= 11 is 17.0. The largest absolute Gasteiger partial charge is 0.305 e. The number of thiophene rings is 1. The number of nitrogens with one attached hydrogen (secondary N) is 1. The number of benzene rings is 1. The molecule has 1 heterocycles. The first kappa shape index (κ1) is 14.4. The molecule has 0 saturated heterocycles. The van der Waals surface area contributed by atoms with Crippen molar-refractivity contribution in [3.63, 3.8) is 0 Å². The Balaban J connectivity index is 1.97. The summed E-state index contributed by atoms with van der Waals surface area (Å²) in [7, 11) is 0. The van der Waals surface area contributed by atoms with Gasteiger partial charge in [0.15, 0.2) is 0 Å². The molecule has 1 aromatic carbocycles. The predicted octanol–water partition coefficient (Wildman–Crippen LogP) is 5.67. The van der Waals surface area contributed by atoms with Crippen LogP contribution in [-0.2, 0) is 6.54 Å². The Labute approximate surface area is 129 Å². The molecule has 1 N–H and O–H groups in total. The van der Waals surface area contributed by atoms with Crippen molar-refractivity contribution in [3.05, 3.63) is 54.6 Å². The first-order valence-corrected chi connectivity index (χ1v) is 7.85. The van der Waals surface area contributed by atoms with Crippen molar-refractivity contribution in [3.8, 4) is 0 Å². The Bertz CT molecular complexity index is 542. The highest BCUT2D eigenvalue weighted by atomic mass is 79.9. The van der Waals surface area contributed by atoms with Crippen molar-refractivity contribution in [2.45, 2.75) is 19.5 Å². The summed E-state index contributed by atoms with van der Waals surface area (Å²) in [5.74, 6) is 0. The lowest BCUT2D eigenvalue weighted by Crippen LogP contribution is -2.17. The van der Waals surface area contributed by atoms with Gasteiger partial charge in [-0.1, -0.05) is 29.3 Å². The fourth-order valence-corrected chi connectivity index (χ4v) is 3.12. The molecule has 5 heteroatoms. The first-order chi connectivity index (χ1) is 8.56. The van der Waals surface area contributed by atoms with Crippen LogP contribution in [0.3, 0.4) is 0 Å². The lowest BCUT2D eigenvalue weighted by atomic mass is 10.2. The van der Waals surface area contributed by atoms with Crippen LogP contribution in [0.25, 0.3) is 0 Å². The maximum absolute atomic E-state index is 6.06. The Morgan fingerprint density at radius 3 is 2.67 bits per heavy atom. The van der Waals surface area contributed by atoms with Gasteiger partial charge in [0.25, 0.3) is 0 Å². The maximum atomic E-state index is 6.06. The molecule has 0 saturated carbocycles. The molecule has 0 aliphatic heterocycles. The highest BCUT2D eigenvalue weighted by molar-refractivity contribution is 9.10. The molecule has 0 aliphatic rings. The molecule has 1 atom stereocenters. The van der Waals surface area contributed by atoms with Crippen LogP contribution < -0.4 is 5.32 Å². The molecule has 2 rings (SSSR count). The van der Waals surface area contributed by atoms with Crippen LogP contribution in [0.1, 0.15) is 23.4 Å². The molecule has 1 aromatic heterocycles. The third-order valence-electron chi connectivity index (χ3n) is 2.62. The van der Waals surface area contributed by atoms with Gasteiger partial charge in [-0.15, -0.1) is 11.3 Å². The summed E-state index contributed by atoms with van der Waals surface area (Å²) in [6.45, 7) is 2.91. The monoisotopic (exact) mass is 363 g/mol. The Morgan fingerprint density at radius 1 is 1.28 bits per heavy atom. The minimum atomic E-state index is 0.282. The van der Waals surface area contributed by atoms with E-state index in [4.69, 9.17) is 23.2 Å². The van der Waals surface area contributed by atoms with Gasteiger partial charge in [-0.2, -0.15) is 0 Å². The van der Waals surface area contributed by atoms with Crippen LogP contribution in [0.4, 0.5) is 0 Å². The van der Waals surface area contributed by atoms with Crippen LogP contribution in [0, 0.1) is 0 Å². The van der Waals surface area contributed by atoms with E-state index in [0.717, 1.165) is 25.9 Å². The second kappa shape index (κ2) is 6.40. The number of halogens is 3. The van der Waals surface area contributed by atoms with Crippen molar-refractivity contribution in [2.24, 2.45) is 0 Å². The topological polar surface area (TPSA) is 12.0 Å². The lowest BCUT2D eigenvalue weighted by molar-refractivity contribution is 0.583. The Hall–Kier alpha value is -0.0600. The molecular formula is C13H12BrCl2NS. The SMILES string of the molecule is CC(NCc1ccc(Br)c(Cl)c1)c1ccc(Cl)s1. The summed E-state index contributed by atoms with van der Waals surface area (Å²) < 4.78 is 1.75. The molecule has 0 fully saturated rings. The van der Waals surface area contributed by atoms with Crippen molar-refractivity contribution in [1.82, 2.24) is 5.32 Å². The minimum Gasteiger partial charge on any atom is -0.305 e. The molecule has 2 aromatic rings. The van der Waals surface area contributed by atoms with Gasteiger partial charge in [0.2, 0.25) is 0 Å². The summed E-state index contributed by atoms with van der Waals surface area (Å²) in [5.41, 5.74) is 1.16. The van der Waals surface area contributed by atoms with E-state index >= 15 is 0 Å². The second-order valence-electron chi connectivity index (χ2n) is 3.99. The number of hydrogen-bond acceptors (Lipinski definition) is 2. The Morgan fingerprint density at radius 2 is 2.06 bits per heavy atom. The molecule has 96 valence electrons. The van der Waals surface area contributed by atoms with E-state index in [-0.39, 0.29) is 6.04 Å². The predicted molar refractivity (Wildman–Crippen MR) is 83.7 cm³/mol. The van der Waals surface area contributed by atoms with E-state index in [9.17, 15) is 0 Å². The smallest absolute Gasteiger partial charge is 0.0931 e. The lowest BCUT2D eigenvalue weighted by Gasteiger charge is -2.12. The van der Waals surface area contributed by atoms with Crippen LogP contribution in [0.15, 0.2) is 34.8 Å². The van der Waals surface area contributed by atoms with Crippen molar-refractivity contribution >= 4 is 50.5 Å². The van der Waals surface area contributed by atoms with E-state index in [1.54, 1.807) is 11.3 Å². The molecule has 0 bridgehead atoms. The van der Waals surface area contributed by atoms with E-state index in [0.29, 0.717) is 0 Å². The average Bonchev–Trinajstić information content (AvgIpc) is 2.77. The molecule has 0 spiro atoms. The number of rotatable bonds is 4. The fourth-order valence-electron chi connectivity index (χ4n) is 1.58. The zero-order valence-corrected chi connectivity index (χ0v) is 13.6. The maximum Gasteiger partial charge on any atom is 0.0931 e. The molecule has 1 unspecified atom stereocenters. The van der Waals surface area contributed by atoms with Crippen LogP contribution in [0.2, 0.25) is 9.36 Å². The molecular weight excluding hydrogens is 353 g/mol. The van der Waals surface area contributed by atoms with E-state index in [1.165, 1.54) is 4.88 Å². The normalized spacial score (nSPS) is 12.7. The molecule has 0 radical (unpaired) electrons. The van der Waals surface area contributed by atoms with Gasteiger partial charge < -0.3 is 5.32 Å². The quantitative estimate of drug-likeness (QED) is 0.737. The van der Waals surface area contributed by atoms with E-state index < -0.39 is 0 Å². The van der Waals surface area contributed by atoms with Crippen LogP contribution in [-0.4, -0.2) is 0 Å². The summed E-state index contributed by atoms with van der Waals surface area (Å²) in [4.78, 5) is 1.24. The molecule has 0 amide bonds. The third-order valence-corrected chi connectivity index (χ3v) is 5.26. The minimum absolute atomic E-state index is 0.282. The van der Waals surface area contributed by atoms with Gasteiger partial charge in [0, 0.05) is 21.9 Å². The number of hydrogen-bond donors (Lipinski definition) is 1. The fraction of sp³-hybridized carbons (Fsp3) is 0.231. The van der Waals surface area contributed by atoms with Crippen molar-refractivity contribution in [2.75, 3.05) is 0 Å². The highest BCUT2D eigenvalue weighted by Crippen LogP contribution is 2.27. The zero-order valence-electron chi connectivity index (χ0n) is 9.71. The standard InChI is InChI=1S/C13H12BrCl2NS/c1-8(12-4-5-13(16)18-12)17-7-9-2-3-10(14)11(15)6-9/h2-6,8,17H,7H2,1H3. The molecule has 1 nitrogen and oxygen atoms in total. The van der Waals surface area contributed by atoms with Gasteiger partial charge in [-0.3, -0.25) is 0 Å². The van der Waals surface area contributed by atoms with Crippen LogP contribution >= 0.6 is 50.5 Å². The van der Waals surface area contributed by atoms with Gasteiger partial charge in [-0.25, -0.2) is 0 Å². The van der Waals surface area contributed by atoms with Gasteiger partial charge in [-0.05, 0) is 52.7 Å². The van der Waals surface area contributed by atoms with E-state index in [2.05, 4.69) is 40.3 Å². The molecule has 18 heavy (non-hydrogen) atoms. The van der Waals surface area contributed by atoms with E-state index in [1.807, 2.05) is 18.2 Å². The highest BCUT2D eigenvalue weighted by Gasteiger charge is 2.08. The second-order valence-corrected chi connectivity index (χ2v) is 7.00. The first-order valence-electron chi connectivity index (χ1n) is 5.49. The summed E-state index contributed by atoms with van der Waals surface area (Å²) in [6.07, 6.45) is 0. The third kappa shape index (κ3) is 3.72. The summed E-state index contributed by atoms with van der Waals surface area (Å²) in [5, 5.41) is 4.19. The zero-order chi connectivity index (χ0) is 13.1. The van der Waals surface area contributed by atoms with Gasteiger partial charge >= 0.3 is 0 Å².